The Morgan fingerprint density at radius 2 is 2.04 bits per heavy atom. The average Bonchev–Trinajstić information content (AvgIpc) is 2.98. The third kappa shape index (κ3) is 3.19. The highest BCUT2D eigenvalue weighted by atomic mass is 16.2. The van der Waals surface area contributed by atoms with Crippen LogP contribution < -0.4 is 10.9 Å². The summed E-state index contributed by atoms with van der Waals surface area (Å²) in [6.07, 6.45) is 2.85. The molecule has 1 amide bonds. The van der Waals surface area contributed by atoms with Gasteiger partial charge in [-0.15, -0.1) is 0 Å². The maximum absolute atomic E-state index is 12.3. The Balaban J connectivity index is 1.65. The van der Waals surface area contributed by atoms with Crippen molar-refractivity contribution in [2.24, 2.45) is 7.05 Å². The van der Waals surface area contributed by atoms with Crippen molar-refractivity contribution >= 4 is 16.9 Å². The number of aromatic nitrogens is 4. The first kappa shape index (κ1) is 15.9. The second-order valence-corrected chi connectivity index (χ2v) is 5.80. The molecule has 0 saturated carbocycles. The molecule has 1 atom stereocenters. The van der Waals surface area contributed by atoms with Gasteiger partial charge in [0.25, 0.3) is 5.56 Å². The van der Waals surface area contributed by atoms with E-state index in [1.165, 1.54) is 21.8 Å². The van der Waals surface area contributed by atoms with E-state index in [0.717, 1.165) is 5.56 Å². The predicted octanol–water partition coefficient (Wildman–Crippen LogP) is 1.05. The zero-order chi connectivity index (χ0) is 17.1. The Morgan fingerprint density at radius 3 is 2.79 bits per heavy atom. The molecule has 0 aliphatic carbocycles. The van der Waals surface area contributed by atoms with E-state index in [4.69, 9.17) is 0 Å². The van der Waals surface area contributed by atoms with Gasteiger partial charge in [-0.1, -0.05) is 37.3 Å². The van der Waals surface area contributed by atoms with Crippen molar-refractivity contribution in [1.29, 1.82) is 0 Å². The lowest BCUT2D eigenvalue weighted by Gasteiger charge is -2.13. The summed E-state index contributed by atoms with van der Waals surface area (Å²) in [6, 6.07) is 9.97. The van der Waals surface area contributed by atoms with Gasteiger partial charge in [-0.3, -0.25) is 18.8 Å². The zero-order valence-electron chi connectivity index (χ0n) is 13.6. The maximum atomic E-state index is 12.3. The first-order valence-corrected chi connectivity index (χ1v) is 7.75. The highest BCUT2D eigenvalue weighted by Gasteiger charge is 2.12. The molecule has 1 N–H and O–H groups in total. The molecule has 0 unspecified atom stereocenters. The molecular weight excluding hydrogens is 306 g/mol. The van der Waals surface area contributed by atoms with Crippen LogP contribution in [0.1, 0.15) is 18.4 Å². The van der Waals surface area contributed by atoms with Crippen LogP contribution in [0, 0.1) is 0 Å². The Labute approximate surface area is 138 Å². The van der Waals surface area contributed by atoms with Crippen LogP contribution >= 0.6 is 0 Å². The standard InChI is InChI=1S/C17H19N5O2/c1-12(13-6-4-3-5-7-13)8-18-15(23)10-22-11-19-16-14(17(22)24)9-20-21(16)2/h3-7,9,11-12H,8,10H2,1-2H3,(H,18,23)/t12-/m0/s1. The van der Waals surface area contributed by atoms with Crippen LogP contribution in [0.2, 0.25) is 0 Å². The number of hydrogen-bond acceptors (Lipinski definition) is 4. The SMILES string of the molecule is C[C@@H](CNC(=O)Cn1cnc2c(cnn2C)c1=O)c1ccccc1. The lowest BCUT2D eigenvalue weighted by Crippen LogP contribution is -2.34. The van der Waals surface area contributed by atoms with Crippen LogP contribution in [0.3, 0.4) is 0 Å². The van der Waals surface area contributed by atoms with E-state index >= 15 is 0 Å². The summed E-state index contributed by atoms with van der Waals surface area (Å²) in [5, 5.41) is 7.28. The molecule has 7 nitrogen and oxygen atoms in total. The number of carbonyl (C=O) groups excluding carboxylic acids is 1. The second kappa shape index (κ2) is 6.66. The minimum absolute atomic E-state index is 0.0574. The monoisotopic (exact) mass is 325 g/mol. The van der Waals surface area contributed by atoms with Crippen LogP contribution in [0.15, 0.2) is 47.7 Å². The van der Waals surface area contributed by atoms with Crippen molar-refractivity contribution in [3.8, 4) is 0 Å². The van der Waals surface area contributed by atoms with Crippen LogP contribution in [-0.2, 0) is 18.4 Å². The summed E-state index contributed by atoms with van der Waals surface area (Å²) in [4.78, 5) is 28.6. The number of rotatable bonds is 5. The molecule has 0 bridgehead atoms. The van der Waals surface area contributed by atoms with Crippen molar-refractivity contribution in [2.45, 2.75) is 19.4 Å². The van der Waals surface area contributed by atoms with Gasteiger partial charge in [0.05, 0.1) is 6.20 Å². The van der Waals surface area contributed by atoms with Crippen LogP contribution in [0.5, 0.6) is 0 Å². The number of hydrogen-bond donors (Lipinski definition) is 1. The fourth-order valence-electron chi connectivity index (χ4n) is 2.56. The molecule has 2 aromatic heterocycles. The zero-order valence-corrected chi connectivity index (χ0v) is 13.6. The minimum Gasteiger partial charge on any atom is -0.354 e. The Morgan fingerprint density at radius 1 is 1.29 bits per heavy atom. The van der Waals surface area contributed by atoms with Crippen molar-refractivity contribution in [3.05, 3.63) is 58.8 Å². The smallest absolute Gasteiger partial charge is 0.264 e. The molecule has 0 aliphatic heterocycles. The van der Waals surface area contributed by atoms with Crippen molar-refractivity contribution in [2.75, 3.05) is 6.54 Å². The highest BCUT2D eigenvalue weighted by molar-refractivity contribution is 5.77. The van der Waals surface area contributed by atoms with Gasteiger partial charge >= 0.3 is 0 Å². The number of aryl methyl sites for hydroxylation is 1. The summed E-state index contributed by atoms with van der Waals surface area (Å²) >= 11 is 0. The molecule has 0 fully saturated rings. The molecule has 124 valence electrons. The summed E-state index contributed by atoms with van der Waals surface area (Å²) in [5.41, 5.74) is 1.40. The minimum atomic E-state index is -0.264. The molecule has 2 heterocycles. The van der Waals surface area contributed by atoms with E-state index < -0.39 is 0 Å². The highest BCUT2D eigenvalue weighted by Crippen LogP contribution is 2.12. The molecule has 7 heteroatoms. The van der Waals surface area contributed by atoms with Crippen molar-refractivity contribution in [1.82, 2.24) is 24.6 Å². The van der Waals surface area contributed by atoms with Crippen molar-refractivity contribution < 1.29 is 4.79 Å². The largest absolute Gasteiger partial charge is 0.354 e. The fourth-order valence-corrected chi connectivity index (χ4v) is 2.56. The molecule has 24 heavy (non-hydrogen) atoms. The number of benzene rings is 1. The van der Waals surface area contributed by atoms with Gasteiger partial charge in [0.1, 0.15) is 18.3 Å². The fraction of sp³-hybridized carbons (Fsp3) is 0.294. The number of fused-ring (bicyclic) bond motifs is 1. The van der Waals surface area contributed by atoms with Crippen molar-refractivity contribution in [3.63, 3.8) is 0 Å². The van der Waals surface area contributed by atoms with Gasteiger partial charge in [0, 0.05) is 13.6 Å². The Hall–Kier alpha value is -2.96. The molecule has 1 aromatic carbocycles. The molecule has 3 aromatic rings. The summed E-state index contributed by atoms with van der Waals surface area (Å²) in [6.45, 7) is 2.50. The second-order valence-electron chi connectivity index (χ2n) is 5.80. The van der Waals surface area contributed by atoms with Gasteiger partial charge < -0.3 is 5.32 Å². The Kier molecular flexibility index (Phi) is 4.41. The molecule has 3 rings (SSSR count). The van der Waals surface area contributed by atoms with Gasteiger partial charge in [0.15, 0.2) is 5.65 Å². The molecule has 0 radical (unpaired) electrons. The molecular formula is C17H19N5O2. The van der Waals surface area contributed by atoms with Gasteiger partial charge in [-0.2, -0.15) is 5.10 Å². The van der Waals surface area contributed by atoms with Crippen LogP contribution in [0.4, 0.5) is 0 Å². The summed E-state index contributed by atoms with van der Waals surface area (Å²) < 4.78 is 2.83. The predicted molar refractivity (Wildman–Crippen MR) is 90.6 cm³/mol. The molecule has 0 aliphatic rings. The lowest BCUT2D eigenvalue weighted by molar-refractivity contribution is -0.121. The van der Waals surface area contributed by atoms with E-state index in [9.17, 15) is 9.59 Å². The van der Waals surface area contributed by atoms with E-state index in [-0.39, 0.29) is 23.9 Å². The number of nitrogens with zero attached hydrogens (tertiary/aromatic N) is 4. The quantitative estimate of drug-likeness (QED) is 0.760. The van der Waals surface area contributed by atoms with Gasteiger partial charge in [0.2, 0.25) is 5.91 Å². The number of amides is 1. The van der Waals surface area contributed by atoms with Gasteiger partial charge in [-0.25, -0.2) is 4.98 Å². The van der Waals surface area contributed by atoms with E-state index in [0.29, 0.717) is 17.6 Å². The van der Waals surface area contributed by atoms with Crippen LogP contribution in [0.25, 0.3) is 11.0 Å². The van der Waals surface area contributed by atoms with E-state index in [1.807, 2.05) is 37.3 Å². The summed E-state index contributed by atoms with van der Waals surface area (Å²) in [7, 11) is 1.72. The maximum Gasteiger partial charge on any atom is 0.264 e. The molecule has 0 spiro atoms. The summed E-state index contributed by atoms with van der Waals surface area (Å²) in [5.74, 6) is -0.0179. The average molecular weight is 325 g/mol. The first-order chi connectivity index (χ1) is 11.6. The first-order valence-electron chi connectivity index (χ1n) is 7.75. The molecule has 0 saturated heterocycles. The van der Waals surface area contributed by atoms with Crippen LogP contribution in [-0.4, -0.2) is 31.8 Å². The van der Waals surface area contributed by atoms with E-state index in [2.05, 4.69) is 15.4 Å². The number of nitrogens with one attached hydrogen (secondary N) is 1. The van der Waals surface area contributed by atoms with E-state index in [1.54, 1.807) is 7.05 Å². The lowest BCUT2D eigenvalue weighted by atomic mass is 10.0. The number of carbonyl (C=O) groups is 1. The normalized spacial score (nSPS) is 12.2. The third-order valence-corrected chi connectivity index (χ3v) is 4.01. The third-order valence-electron chi connectivity index (χ3n) is 4.01. The topological polar surface area (TPSA) is 81.8 Å². The Bertz CT molecular complexity index is 914. The van der Waals surface area contributed by atoms with Gasteiger partial charge in [-0.05, 0) is 11.5 Å².